The largest absolute Gasteiger partial charge is 0.383 e. The first-order valence-corrected chi connectivity index (χ1v) is 11.9. The van der Waals surface area contributed by atoms with Crippen LogP contribution in [-0.2, 0) is 16.8 Å². The number of aryl methyl sites for hydroxylation is 1. The van der Waals surface area contributed by atoms with Gasteiger partial charge in [-0.15, -0.1) is 0 Å². The lowest BCUT2D eigenvalue weighted by Gasteiger charge is -2.35. The second kappa shape index (κ2) is 10.3. The Morgan fingerprint density at radius 1 is 1.24 bits per heavy atom. The third-order valence-corrected chi connectivity index (χ3v) is 7.04. The molecule has 1 aliphatic carbocycles. The number of carbonyl (C=O) groups excluding carboxylic acids is 1. The number of rotatable bonds is 7. The molecule has 2 N–H and O–H groups in total. The van der Waals surface area contributed by atoms with Crippen LogP contribution in [0, 0.1) is 23.2 Å². The average molecular weight is 445 g/mol. The van der Waals surface area contributed by atoms with Crippen LogP contribution in [0.15, 0.2) is 47.6 Å². The molecule has 1 unspecified atom stereocenters. The first kappa shape index (κ1) is 23.1. The van der Waals surface area contributed by atoms with Crippen LogP contribution in [-0.4, -0.2) is 28.3 Å². The highest BCUT2D eigenvalue weighted by Crippen LogP contribution is 2.40. The Hall–Kier alpha value is -3.04. The van der Waals surface area contributed by atoms with Crippen LogP contribution in [0.4, 0.5) is 5.69 Å². The summed E-state index contributed by atoms with van der Waals surface area (Å²) in [5.41, 5.74) is 3.05. The molecule has 6 nitrogen and oxygen atoms in total. The van der Waals surface area contributed by atoms with Crippen molar-refractivity contribution in [1.29, 1.82) is 5.26 Å². The molecule has 1 saturated carbocycles. The van der Waals surface area contributed by atoms with Crippen LogP contribution in [0.3, 0.4) is 0 Å². The number of nitrogens with zero attached hydrogens (tertiary/aromatic N) is 3. The summed E-state index contributed by atoms with van der Waals surface area (Å²) in [5, 5.41) is 22.9. The van der Waals surface area contributed by atoms with Gasteiger partial charge in [0.1, 0.15) is 5.60 Å². The third kappa shape index (κ3) is 5.85. The van der Waals surface area contributed by atoms with Crippen molar-refractivity contribution in [3.63, 3.8) is 0 Å². The molecule has 0 radical (unpaired) electrons. The van der Waals surface area contributed by atoms with Gasteiger partial charge in [-0.25, -0.2) is 0 Å². The van der Waals surface area contributed by atoms with E-state index in [4.69, 9.17) is 4.99 Å². The van der Waals surface area contributed by atoms with Crippen LogP contribution in [0.25, 0.3) is 0 Å². The molecular formula is C27H32N4O2. The number of amides is 1. The van der Waals surface area contributed by atoms with E-state index in [0.717, 1.165) is 42.1 Å². The van der Waals surface area contributed by atoms with Gasteiger partial charge in [0.05, 0.1) is 29.4 Å². The van der Waals surface area contributed by atoms with Crippen molar-refractivity contribution in [1.82, 2.24) is 10.3 Å². The fourth-order valence-corrected chi connectivity index (χ4v) is 4.89. The minimum Gasteiger partial charge on any atom is -0.383 e. The Bertz CT molecular complexity index is 1050. The van der Waals surface area contributed by atoms with E-state index in [1.165, 1.54) is 19.3 Å². The maximum atomic E-state index is 12.5. The summed E-state index contributed by atoms with van der Waals surface area (Å²) in [6, 6.07) is 13.3. The van der Waals surface area contributed by atoms with Crippen molar-refractivity contribution < 1.29 is 9.90 Å². The highest BCUT2D eigenvalue weighted by Gasteiger charge is 2.30. The Labute approximate surface area is 195 Å². The van der Waals surface area contributed by atoms with Gasteiger partial charge in [-0.3, -0.25) is 14.8 Å². The summed E-state index contributed by atoms with van der Waals surface area (Å²) in [5.74, 6) is 1.17. The number of hydrogen-bond donors (Lipinski definition) is 2. The van der Waals surface area contributed by atoms with Crippen LogP contribution < -0.4 is 5.32 Å². The second-order valence-electron chi connectivity index (χ2n) is 9.59. The zero-order valence-electron chi connectivity index (χ0n) is 19.3. The average Bonchev–Trinajstić information content (AvgIpc) is 2.75. The zero-order chi connectivity index (χ0) is 23.3. The molecule has 4 rings (SSSR count). The van der Waals surface area contributed by atoms with Gasteiger partial charge in [0.25, 0.3) is 0 Å². The third-order valence-electron chi connectivity index (χ3n) is 7.04. The SMILES string of the molecule is C[C@](O)(CC(=O)NCC/C1=N/c2ccc(C#N)cc2CCC(C2CCC2)C1)c1ccccn1. The maximum Gasteiger partial charge on any atom is 0.223 e. The van der Waals surface area contributed by atoms with Gasteiger partial charge in [0.15, 0.2) is 0 Å². The summed E-state index contributed by atoms with van der Waals surface area (Å²) in [6.07, 6.45) is 9.20. The molecule has 6 heteroatoms. The van der Waals surface area contributed by atoms with E-state index in [1.54, 1.807) is 31.3 Å². The summed E-state index contributed by atoms with van der Waals surface area (Å²) in [4.78, 5) is 21.7. The van der Waals surface area contributed by atoms with E-state index in [2.05, 4.69) is 16.4 Å². The lowest BCUT2D eigenvalue weighted by atomic mass is 9.71. The van der Waals surface area contributed by atoms with Gasteiger partial charge in [0.2, 0.25) is 5.91 Å². The van der Waals surface area contributed by atoms with Gasteiger partial charge < -0.3 is 10.4 Å². The van der Waals surface area contributed by atoms with Crippen LogP contribution >= 0.6 is 0 Å². The number of pyridine rings is 1. The Kier molecular flexibility index (Phi) is 7.20. The first-order valence-electron chi connectivity index (χ1n) is 11.9. The molecule has 2 aliphatic rings. The second-order valence-corrected chi connectivity index (χ2v) is 9.59. The number of hydrogen-bond acceptors (Lipinski definition) is 5. The first-order chi connectivity index (χ1) is 15.9. The maximum absolute atomic E-state index is 12.5. The molecule has 0 spiro atoms. The van der Waals surface area contributed by atoms with E-state index in [0.29, 0.717) is 30.1 Å². The number of carbonyl (C=O) groups is 1. The Morgan fingerprint density at radius 2 is 2.09 bits per heavy atom. The molecular weight excluding hydrogens is 412 g/mol. The van der Waals surface area contributed by atoms with Crippen LogP contribution in [0.1, 0.15) is 68.7 Å². The summed E-state index contributed by atoms with van der Waals surface area (Å²) in [6.45, 7) is 2.10. The van der Waals surface area contributed by atoms with Gasteiger partial charge >= 0.3 is 0 Å². The molecule has 1 aliphatic heterocycles. The molecule has 2 atom stereocenters. The van der Waals surface area contributed by atoms with Crippen molar-refractivity contribution in [3.8, 4) is 6.07 Å². The van der Waals surface area contributed by atoms with E-state index in [9.17, 15) is 15.2 Å². The van der Waals surface area contributed by atoms with Gasteiger partial charge in [-0.05, 0) is 73.9 Å². The van der Waals surface area contributed by atoms with Gasteiger partial charge in [-0.1, -0.05) is 25.3 Å². The molecule has 1 aromatic heterocycles. The number of benzene rings is 1. The quantitative estimate of drug-likeness (QED) is 0.653. The normalized spacial score (nSPS) is 21.7. The molecule has 0 bridgehead atoms. The van der Waals surface area contributed by atoms with Gasteiger partial charge in [-0.2, -0.15) is 5.26 Å². The van der Waals surface area contributed by atoms with Crippen molar-refractivity contribution in [2.24, 2.45) is 16.8 Å². The predicted octanol–water partition coefficient (Wildman–Crippen LogP) is 4.58. The highest BCUT2D eigenvalue weighted by molar-refractivity contribution is 5.88. The lowest BCUT2D eigenvalue weighted by molar-refractivity contribution is -0.125. The molecule has 1 amide bonds. The van der Waals surface area contributed by atoms with Gasteiger partial charge in [0, 0.05) is 24.9 Å². The molecule has 2 heterocycles. The van der Waals surface area contributed by atoms with Crippen molar-refractivity contribution in [2.45, 2.75) is 63.9 Å². The monoisotopic (exact) mass is 444 g/mol. The lowest BCUT2D eigenvalue weighted by Crippen LogP contribution is -2.34. The van der Waals surface area contributed by atoms with E-state index in [1.807, 2.05) is 18.2 Å². The molecule has 33 heavy (non-hydrogen) atoms. The number of aliphatic imine (C=N–C) groups is 1. The van der Waals surface area contributed by atoms with Crippen molar-refractivity contribution in [2.75, 3.05) is 6.54 Å². The van der Waals surface area contributed by atoms with Crippen molar-refractivity contribution >= 4 is 17.3 Å². The fraction of sp³-hybridized carbons (Fsp3) is 0.481. The highest BCUT2D eigenvalue weighted by atomic mass is 16.3. The summed E-state index contributed by atoms with van der Waals surface area (Å²) < 4.78 is 0. The standard InChI is InChI=1S/C27H32N4O2/c1-27(33,25-7-2-3-13-29-25)17-26(32)30-14-12-23-16-21(20-5-4-6-20)9-10-22-15-19(18-28)8-11-24(22)31-23/h2-3,7-8,11,13,15,20-21,33H,4-6,9-10,12,14,16-17H2,1H3,(H,30,32)/b31-23-/t21?,27-/m0/s1. The number of aliphatic hydroxyl groups is 1. The number of aromatic nitrogens is 1. The molecule has 1 aromatic carbocycles. The minimum atomic E-state index is -1.31. The van der Waals surface area contributed by atoms with E-state index < -0.39 is 5.60 Å². The Balaban J connectivity index is 1.41. The topological polar surface area (TPSA) is 98.4 Å². The smallest absolute Gasteiger partial charge is 0.223 e. The van der Waals surface area contributed by atoms with Crippen molar-refractivity contribution in [3.05, 3.63) is 59.4 Å². The van der Waals surface area contributed by atoms with Crippen LogP contribution in [0.5, 0.6) is 0 Å². The zero-order valence-corrected chi connectivity index (χ0v) is 19.3. The van der Waals surface area contributed by atoms with E-state index >= 15 is 0 Å². The number of fused-ring (bicyclic) bond motifs is 1. The number of nitrogens with one attached hydrogen (secondary N) is 1. The van der Waals surface area contributed by atoms with Crippen LogP contribution in [0.2, 0.25) is 0 Å². The molecule has 2 aromatic rings. The molecule has 172 valence electrons. The summed E-state index contributed by atoms with van der Waals surface area (Å²) in [7, 11) is 0. The minimum absolute atomic E-state index is 0.0407. The molecule has 1 fully saturated rings. The fourth-order valence-electron chi connectivity index (χ4n) is 4.89. The summed E-state index contributed by atoms with van der Waals surface area (Å²) >= 11 is 0. The Morgan fingerprint density at radius 3 is 2.79 bits per heavy atom. The predicted molar refractivity (Wildman–Crippen MR) is 128 cm³/mol. The number of nitriles is 1. The molecule has 0 saturated heterocycles. The van der Waals surface area contributed by atoms with E-state index in [-0.39, 0.29) is 12.3 Å².